The summed E-state index contributed by atoms with van der Waals surface area (Å²) in [6.07, 6.45) is 0.0719. The lowest BCUT2D eigenvalue weighted by molar-refractivity contribution is -0.140. The molecule has 10 nitrogen and oxygen atoms in total. The highest BCUT2D eigenvalue weighted by Gasteiger charge is 2.36. The molecule has 0 aliphatic heterocycles. The lowest BCUT2D eigenvalue weighted by atomic mass is 10.0. The van der Waals surface area contributed by atoms with Gasteiger partial charge >= 0.3 is 0 Å². The summed E-state index contributed by atoms with van der Waals surface area (Å²) in [5, 5.41) is 3.05. The van der Waals surface area contributed by atoms with Gasteiger partial charge in [0.25, 0.3) is 10.0 Å². The summed E-state index contributed by atoms with van der Waals surface area (Å²) in [6.45, 7) is 2.43. The van der Waals surface area contributed by atoms with Crippen LogP contribution >= 0.6 is 11.6 Å². The minimum atomic E-state index is -4.56. The number of carbonyl (C=O) groups excluding carboxylic acids is 2. The number of anilines is 1. The Morgan fingerprint density at radius 3 is 2.10 bits per heavy atom. The van der Waals surface area contributed by atoms with Gasteiger partial charge in [-0.1, -0.05) is 60.1 Å². The van der Waals surface area contributed by atoms with Crippen molar-refractivity contribution in [3.63, 3.8) is 0 Å². The molecule has 1 atom stereocenters. The van der Waals surface area contributed by atoms with Crippen molar-refractivity contribution < 1.29 is 36.6 Å². The maximum Gasteiger partial charge on any atom is 0.265 e. The molecule has 0 saturated heterocycles. The number of amides is 2. The van der Waals surface area contributed by atoms with Crippen molar-refractivity contribution in [2.45, 2.75) is 43.8 Å². The molecule has 13 heteroatoms. The first-order chi connectivity index (χ1) is 23.4. The van der Waals surface area contributed by atoms with E-state index in [1.54, 1.807) is 32.0 Å². The van der Waals surface area contributed by atoms with E-state index in [0.717, 1.165) is 9.87 Å². The van der Waals surface area contributed by atoms with Crippen LogP contribution in [0.5, 0.6) is 17.2 Å². The van der Waals surface area contributed by atoms with Crippen molar-refractivity contribution in [1.82, 2.24) is 10.2 Å². The van der Waals surface area contributed by atoms with Crippen molar-refractivity contribution in [1.29, 1.82) is 0 Å². The second-order valence-electron chi connectivity index (χ2n) is 11.3. The van der Waals surface area contributed by atoms with Crippen LogP contribution in [0.2, 0.25) is 5.02 Å². The molecule has 0 saturated carbocycles. The summed E-state index contributed by atoms with van der Waals surface area (Å²) < 4.78 is 61.2. The van der Waals surface area contributed by atoms with Crippen LogP contribution in [-0.2, 0) is 32.6 Å². The normalized spacial score (nSPS) is 11.8. The van der Waals surface area contributed by atoms with Crippen LogP contribution in [0.3, 0.4) is 0 Å². The number of benzene rings is 4. The quantitative estimate of drug-likeness (QED) is 0.164. The zero-order valence-electron chi connectivity index (χ0n) is 27.9. The zero-order valence-corrected chi connectivity index (χ0v) is 29.4. The molecule has 0 aromatic heterocycles. The van der Waals surface area contributed by atoms with Gasteiger partial charge in [-0.05, 0) is 55.8 Å². The Kier molecular flexibility index (Phi) is 12.5. The van der Waals surface area contributed by atoms with Crippen molar-refractivity contribution in [2.24, 2.45) is 0 Å². The standard InChI is InChI=1S/C36H39ClFN3O7S/c1-24(2)39-36(43)31(19-25-11-7-6-8-12-25)40(22-26-13-9-10-14-29(26)38)35(42)23-41(30-20-27(37)15-17-32(30)46-3)49(44,45)28-16-18-33(47-4)34(21-28)48-5/h6-18,20-21,24,31H,19,22-23H2,1-5H3,(H,39,43)/t31-/m0/s1. The van der Waals surface area contributed by atoms with Crippen LogP contribution in [0.1, 0.15) is 25.0 Å². The summed E-state index contributed by atoms with van der Waals surface area (Å²) in [6, 6.07) is 21.9. The first-order valence-electron chi connectivity index (χ1n) is 15.3. The second kappa shape index (κ2) is 16.5. The average molecular weight is 712 g/mol. The predicted molar refractivity (Wildman–Crippen MR) is 186 cm³/mol. The fraction of sp³-hybridized carbons (Fsp3) is 0.278. The van der Waals surface area contributed by atoms with Crippen LogP contribution in [0, 0.1) is 5.82 Å². The number of carbonyl (C=O) groups is 2. The number of ether oxygens (including phenoxy) is 3. The maximum absolute atomic E-state index is 15.1. The number of nitrogens with one attached hydrogen (secondary N) is 1. The van der Waals surface area contributed by atoms with E-state index in [9.17, 15) is 18.0 Å². The SMILES string of the molecule is COc1ccc(S(=O)(=O)N(CC(=O)N(Cc2ccccc2F)[C@@H](Cc2ccccc2)C(=O)NC(C)C)c2cc(Cl)ccc2OC)cc1OC. The third-order valence-electron chi connectivity index (χ3n) is 7.63. The zero-order chi connectivity index (χ0) is 35.7. The van der Waals surface area contributed by atoms with Crippen LogP contribution in [0.15, 0.2) is 95.9 Å². The van der Waals surface area contributed by atoms with Gasteiger partial charge in [-0.2, -0.15) is 0 Å². The highest BCUT2D eigenvalue weighted by Crippen LogP contribution is 2.37. The number of nitrogens with zero attached hydrogens (tertiary/aromatic N) is 2. The minimum Gasteiger partial charge on any atom is -0.495 e. The first kappa shape index (κ1) is 37.0. The topological polar surface area (TPSA) is 114 Å². The molecule has 0 heterocycles. The molecule has 0 unspecified atom stereocenters. The van der Waals surface area contributed by atoms with E-state index in [4.69, 9.17) is 25.8 Å². The third-order valence-corrected chi connectivity index (χ3v) is 9.62. The van der Waals surface area contributed by atoms with Gasteiger partial charge in [0.15, 0.2) is 11.5 Å². The lowest BCUT2D eigenvalue weighted by Gasteiger charge is -2.34. The summed E-state index contributed by atoms with van der Waals surface area (Å²) in [5.74, 6) is -1.32. The third kappa shape index (κ3) is 9.01. The first-order valence-corrected chi connectivity index (χ1v) is 17.2. The maximum atomic E-state index is 15.1. The molecule has 260 valence electrons. The van der Waals surface area contributed by atoms with Crippen LogP contribution in [0.4, 0.5) is 10.1 Å². The van der Waals surface area contributed by atoms with Crippen molar-refractivity contribution in [3.05, 3.63) is 113 Å². The van der Waals surface area contributed by atoms with Crippen molar-refractivity contribution in [2.75, 3.05) is 32.2 Å². The van der Waals surface area contributed by atoms with E-state index in [0.29, 0.717) is 5.75 Å². The number of rotatable bonds is 15. The van der Waals surface area contributed by atoms with E-state index in [2.05, 4.69) is 5.32 Å². The van der Waals surface area contributed by atoms with Gasteiger partial charge in [0.2, 0.25) is 11.8 Å². The van der Waals surface area contributed by atoms with Crippen LogP contribution in [0.25, 0.3) is 0 Å². The highest BCUT2D eigenvalue weighted by atomic mass is 35.5. The van der Waals surface area contributed by atoms with Gasteiger partial charge in [-0.25, -0.2) is 12.8 Å². The van der Waals surface area contributed by atoms with Gasteiger partial charge in [-0.3, -0.25) is 13.9 Å². The molecule has 4 aromatic rings. The van der Waals surface area contributed by atoms with Crippen LogP contribution < -0.4 is 23.8 Å². The monoisotopic (exact) mass is 711 g/mol. The van der Waals surface area contributed by atoms with E-state index in [1.807, 2.05) is 18.2 Å². The number of sulfonamides is 1. The predicted octanol–water partition coefficient (Wildman–Crippen LogP) is 5.86. The van der Waals surface area contributed by atoms with E-state index in [-0.39, 0.29) is 51.7 Å². The van der Waals surface area contributed by atoms with E-state index < -0.39 is 40.2 Å². The highest BCUT2D eigenvalue weighted by molar-refractivity contribution is 7.92. The molecule has 0 aliphatic rings. The minimum absolute atomic E-state index is 0.0322. The smallest absolute Gasteiger partial charge is 0.265 e. The number of halogens is 2. The summed E-state index contributed by atoms with van der Waals surface area (Å²) in [5.41, 5.74) is 0.847. The molecular weight excluding hydrogens is 673 g/mol. The Labute approximate surface area is 291 Å². The summed E-state index contributed by atoms with van der Waals surface area (Å²) >= 11 is 6.35. The Hall–Kier alpha value is -4.81. The molecule has 1 N–H and O–H groups in total. The fourth-order valence-corrected chi connectivity index (χ4v) is 6.82. The Bertz CT molecular complexity index is 1880. The summed E-state index contributed by atoms with van der Waals surface area (Å²) in [7, 11) is -0.422. The Morgan fingerprint density at radius 1 is 0.837 bits per heavy atom. The Morgan fingerprint density at radius 2 is 1.47 bits per heavy atom. The number of hydrogen-bond acceptors (Lipinski definition) is 7. The van der Waals surface area contributed by atoms with E-state index in [1.165, 1.54) is 80.8 Å². The van der Waals surface area contributed by atoms with Gasteiger partial charge in [-0.15, -0.1) is 0 Å². The van der Waals surface area contributed by atoms with Gasteiger partial charge in [0.05, 0.1) is 31.9 Å². The molecule has 49 heavy (non-hydrogen) atoms. The second-order valence-corrected chi connectivity index (χ2v) is 13.6. The number of methoxy groups -OCH3 is 3. The van der Waals surface area contributed by atoms with Crippen molar-refractivity contribution in [3.8, 4) is 17.2 Å². The molecule has 0 bridgehead atoms. The van der Waals surface area contributed by atoms with Gasteiger partial charge in [0, 0.05) is 35.7 Å². The molecular formula is C36H39ClFN3O7S. The largest absolute Gasteiger partial charge is 0.495 e. The molecule has 0 fully saturated rings. The number of hydrogen-bond donors (Lipinski definition) is 1. The Balaban J connectivity index is 1.89. The van der Waals surface area contributed by atoms with E-state index >= 15 is 4.39 Å². The molecule has 4 rings (SSSR count). The molecule has 0 aliphatic carbocycles. The lowest BCUT2D eigenvalue weighted by Crippen LogP contribution is -2.54. The van der Waals surface area contributed by atoms with Gasteiger partial charge < -0.3 is 24.4 Å². The van der Waals surface area contributed by atoms with Crippen molar-refractivity contribution >= 4 is 39.1 Å². The fourth-order valence-electron chi connectivity index (χ4n) is 5.22. The molecule has 2 amide bonds. The van der Waals surface area contributed by atoms with Crippen LogP contribution in [-0.4, -0.2) is 65.1 Å². The molecule has 4 aromatic carbocycles. The summed E-state index contributed by atoms with van der Waals surface area (Å²) in [4.78, 5) is 29.5. The molecule has 0 spiro atoms. The molecule has 0 radical (unpaired) electrons. The van der Waals surface area contributed by atoms with Gasteiger partial charge in [0.1, 0.15) is 24.2 Å². The average Bonchev–Trinajstić information content (AvgIpc) is 3.09.